The highest BCUT2D eigenvalue weighted by molar-refractivity contribution is 5.93. The van der Waals surface area contributed by atoms with Gasteiger partial charge in [0.1, 0.15) is 0 Å². The van der Waals surface area contributed by atoms with E-state index < -0.39 is 0 Å². The van der Waals surface area contributed by atoms with Crippen LogP contribution in [0.25, 0.3) is 0 Å². The van der Waals surface area contributed by atoms with Crippen LogP contribution in [-0.2, 0) is 0 Å². The number of guanidine groups is 1. The predicted octanol–water partition coefficient (Wildman–Crippen LogP) is 2.32. The van der Waals surface area contributed by atoms with Gasteiger partial charge in [-0.1, -0.05) is 0 Å². The number of hydrogen-bond donors (Lipinski definition) is 3. The van der Waals surface area contributed by atoms with Crippen LogP contribution in [0.1, 0.15) is 33.1 Å². The molecule has 0 saturated carbocycles. The van der Waals surface area contributed by atoms with Gasteiger partial charge < -0.3 is 30.1 Å². The Bertz CT molecular complexity index is 587. The normalized spacial score (nSPS) is 16.2. The van der Waals surface area contributed by atoms with Gasteiger partial charge >= 0.3 is 0 Å². The van der Waals surface area contributed by atoms with E-state index in [9.17, 15) is 5.11 Å². The third kappa shape index (κ3) is 7.27. The highest BCUT2D eigenvalue weighted by Crippen LogP contribution is 2.30. The molecule has 1 aliphatic rings. The number of rotatable bonds is 9. The lowest BCUT2D eigenvalue weighted by molar-refractivity contribution is 0.0824. The monoisotopic (exact) mass is 378 g/mol. The summed E-state index contributed by atoms with van der Waals surface area (Å²) < 4.78 is 11.0. The van der Waals surface area contributed by atoms with Gasteiger partial charge in [0.25, 0.3) is 0 Å². The maximum atomic E-state index is 9.57. The average Bonchev–Trinajstić information content (AvgIpc) is 2.68. The Kier molecular flexibility index (Phi) is 9.21. The van der Waals surface area contributed by atoms with Crippen LogP contribution in [0.15, 0.2) is 23.2 Å². The molecule has 0 aromatic heterocycles. The first-order valence-corrected chi connectivity index (χ1v) is 9.92. The standard InChI is InChI=1S/C20H34N4O3/c1-4-21-20(22-11-6-12-24-13-9-17(25)10-14-24)23-16-7-8-18(27-5-2)19(15-16)26-3/h7-8,15,17,25H,4-6,9-14H2,1-3H3,(H2,21,22,23). The second-order valence-electron chi connectivity index (χ2n) is 6.61. The van der Waals surface area contributed by atoms with E-state index in [0.717, 1.165) is 69.4 Å². The number of aliphatic imine (C=N–C) groups is 1. The summed E-state index contributed by atoms with van der Waals surface area (Å²) in [6.45, 7) is 9.13. The van der Waals surface area contributed by atoms with Crippen molar-refractivity contribution in [3.63, 3.8) is 0 Å². The fourth-order valence-corrected chi connectivity index (χ4v) is 3.09. The van der Waals surface area contributed by atoms with Crippen LogP contribution in [-0.4, -0.2) is 68.5 Å². The molecule has 0 spiro atoms. The van der Waals surface area contributed by atoms with E-state index in [-0.39, 0.29) is 6.10 Å². The van der Waals surface area contributed by atoms with E-state index in [0.29, 0.717) is 12.4 Å². The Balaban J connectivity index is 1.87. The molecular weight excluding hydrogens is 344 g/mol. The molecule has 0 aliphatic carbocycles. The Labute approximate surface area is 162 Å². The van der Waals surface area contributed by atoms with Crippen LogP contribution in [0, 0.1) is 0 Å². The van der Waals surface area contributed by atoms with E-state index in [2.05, 4.69) is 27.4 Å². The summed E-state index contributed by atoms with van der Waals surface area (Å²) in [5.41, 5.74) is 0.903. The molecule has 27 heavy (non-hydrogen) atoms. The van der Waals surface area contributed by atoms with Gasteiger partial charge in [-0.05, 0) is 51.8 Å². The third-order valence-electron chi connectivity index (χ3n) is 4.53. The number of hydrogen-bond acceptors (Lipinski definition) is 5. The number of piperidine rings is 1. The van der Waals surface area contributed by atoms with Crippen molar-refractivity contribution in [1.82, 2.24) is 10.2 Å². The van der Waals surface area contributed by atoms with Crippen molar-refractivity contribution in [1.29, 1.82) is 0 Å². The molecule has 1 aromatic carbocycles. The number of benzene rings is 1. The summed E-state index contributed by atoms with van der Waals surface area (Å²) in [4.78, 5) is 7.07. The quantitative estimate of drug-likeness (QED) is 0.348. The van der Waals surface area contributed by atoms with Gasteiger partial charge in [-0.2, -0.15) is 0 Å². The summed E-state index contributed by atoms with van der Waals surface area (Å²) in [5.74, 6) is 2.20. The number of anilines is 1. The van der Waals surface area contributed by atoms with Gasteiger partial charge in [0, 0.05) is 37.9 Å². The maximum Gasteiger partial charge on any atom is 0.195 e. The van der Waals surface area contributed by atoms with Gasteiger partial charge in [0.2, 0.25) is 0 Å². The van der Waals surface area contributed by atoms with E-state index in [1.165, 1.54) is 0 Å². The lowest BCUT2D eigenvalue weighted by Crippen LogP contribution is -2.36. The summed E-state index contributed by atoms with van der Waals surface area (Å²) in [6.07, 6.45) is 2.65. The topological polar surface area (TPSA) is 78.4 Å². The van der Waals surface area contributed by atoms with Gasteiger partial charge in [-0.3, -0.25) is 4.99 Å². The zero-order valence-electron chi connectivity index (χ0n) is 16.8. The van der Waals surface area contributed by atoms with Crippen molar-refractivity contribution in [2.24, 2.45) is 4.99 Å². The maximum absolute atomic E-state index is 9.57. The predicted molar refractivity (Wildman–Crippen MR) is 110 cm³/mol. The summed E-state index contributed by atoms with van der Waals surface area (Å²) in [7, 11) is 1.64. The Morgan fingerprint density at radius 3 is 2.70 bits per heavy atom. The molecule has 0 atom stereocenters. The van der Waals surface area contributed by atoms with Crippen LogP contribution in [0.2, 0.25) is 0 Å². The molecule has 3 N–H and O–H groups in total. The molecule has 0 bridgehead atoms. The Morgan fingerprint density at radius 1 is 1.26 bits per heavy atom. The molecule has 7 heteroatoms. The molecule has 1 heterocycles. The molecule has 0 unspecified atom stereocenters. The second-order valence-corrected chi connectivity index (χ2v) is 6.61. The first-order chi connectivity index (χ1) is 13.2. The molecule has 1 aromatic rings. The molecule has 1 aliphatic heterocycles. The van der Waals surface area contributed by atoms with Crippen molar-refractivity contribution in [2.45, 2.75) is 39.2 Å². The van der Waals surface area contributed by atoms with E-state index >= 15 is 0 Å². The minimum Gasteiger partial charge on any atom is -0.493 e. The van der Waals surface area contributed by atoms with Crippen molar-refractivity contribution in [3.05, 3.63) is 18.2 Å². The average molecular weight is 379 g/mol. The molecule has 7 nitrogen and oxygen atoms in total. The zero-order valence-corrected chi connectivity index (χ0v) is 16.8. The third-order valence-corrected chi connectivity index (χ3v) is 4.53. The van der Waals surface area contributed by atoms with Gasteiger partial charge in [0.15, 0.2) is 17.5 Å². The Morgan fingerprint density at radius 2 is 2.04 bits per heavy atom. The van der Waals surface area contributed by atoms with Gasteiger partial charge in [-0.25, -0.2) is 0 Å². The smallest absolute Gasteiger partial charge is 0.195 e. The first-order valence-electron chi connectivity index (χ1n) is 9.92. The number of ether oxygens (including phenoxy) is 2. The van der Waals surface area contributed by atoms with Crippen LogP contribution in [0.4, 0.5) is 5.69 Å². The molecule has 0 radical (unpaired) electrons. The summed E-state index contributed by atoms with van der Waals surface area (Å²) in [5, 5.41) is 16.2. The molecule has 0 amide bonds. The van der Waals surface area contributed by atoms with E-state index in [1.54, 1.807) is 7.11 Å². The van der Waals surface area contributed by atoms with Gasteiger partial charge in [0.05, 0.1) is 19.8 Å². The van der Waals surface area contributed by atoms with Gasteiger partial charge in [-0.15, -0.1) is 0 Å². The lowest BCUT2D eigenvalue weighted by atomic mass is 10.1. The van der Waals surface area contributed by atoms with Crippen LogP contribution < -0.4 is 20.1 Å². The zero-order chi connectivity index (χ0) is 19.5. The largest absolute Gasteiger partial charge is 0.493 e. The summed E-state index contributed by atoms with van der Waals surface area (Å²) >= 11 is 0. The van der Waals surface area contributed by atoms with Crippen molar-refractivity contribution in [3.8, 4) is 11.5 Å². The highest BCUT2D eigenvalue weighted by Gasteiger charge is 2.16. The Hall–Kier alpha value is -1.99. The van der Waals surface area contributed by atoms with Crippen LogP contribution in [0.5, 0.6) is 11.5 Å². The van der Waals surface area contributed by atoms with E-state index in [4.69, 9.17) is 9.47 Å². The first kappa shape index (κ1) is 21.3. The summed E-state index contributed by atoms with van der Waals surface area (Å²) in [6, 6.07) is 5.77. The second kappa shape index (κ2) is 11.7. The molecule has 1 saturated heterocycles. The fourth-order valence-electron chi connectivity index (χ4n) is 3.09. The fraction of sp³-hybridized carbons (Fsp3) is 0.650. The van der Waals surface area contributed by atoms with Crippen LogP contribution in [0.3, 0.4) is 0 Å². The highest BCUT2D eigenvalue weighted by atomic mass is 16.5. The number of aliphatic hydroxyl groups excluding tert-OH is 1. The number of aliphatic hydroxyl groups is 1. The number of methoxy groups -OCH3 is 1. The number of nitrogens with one attached hydrogen (secondary N) is 2. The lowest BCUT2D eigenvalue weighted by Gasteiger charge is -2.29. The SMILES string of the molecule is CCNC(=NCCCN1CCC(O)CC1)Nc1ccc(OCC)c(OC)c1. The molecule has 1 fully saturated rings. The molecular formula is C20H34N4O3. The minimum atomic E-state index is -0.116. The molecule has 2 rings (SSSR count). The van der Waals surface area contributed by atoms with Crippen molar-refractivity contribution < 1.29 is 14.6 Å². The van der Waals surface area contributed by atoms with Crippen molar-refractivity contribution >= 4 is 11.6 Å². The van der Waals surface area contributed by atoms with Crippen molar-refractivity contribution in [2.75, 3.05) is 51.8 Å². The number of likely N-dealkylation sites (tertiary alicyclic amines) is 1. The minimum absolute atomic E-state index is 0.116. The van der Waals surface area contributed by atoms with E-state index in [1.807, 2.05) is 25.1 Å². The number of nitrogens with zero attached hydrogens (tertiary/aromatic N) is 2. The van der Waals surface area contributed by atoms with Crippen LogP contribution >= 0.6 is 0 Å². The molecule has 152 valence electrons.